The summed E-state index contributed by atoms with van der Waals surface area (Å²) in [5, 5.41) is 5.56. The van der Waals surface area contributed by atoms with Gasteiger partial charge in [0.2, 0.25) is 5.95 Å². The van der Waals surface area contributed by atoms with Crippen LogP contribution in [0.2, 0.25) is 0 Å². The van der Waals surface area contributed by atoms with Crippen molar-refractivity contribution in [2.24, 2.45) is 0 Å². The van der Waals surface area contributed by atoms with Crippen LogP contribution >= 0.6 is 11.8 Å². The normalized spacial score (nSPS) is 17.4. The van der Waals surface area contributed by atoms with Crippen molar-refractivity contribution in [3.05, 3.63) is 54.6 Å². The summed E-state index contributed by atoms with van der Waals surface area (Å²) in [5.74, 6) is 3.62. The van der Waals surface area contributed by atoms with Crippen LogP contribution < -0.4 is 5.32 Å². The number of aromatic nitrogens is 5. The molecule has 0 bridgehead atoms. The third-order valence-corrected chi connectivity index (χ3v) is 7.27. The topological polar surface area (TPSA) is 68.5 Å². The van der Waals surface area contributed by atoms with Crippen molar-refractivity contribution >= 4 is 51.0 Å². The molecule has 0 atom stereocenters. The zero-order valence-electron chi connectivity index (χ0n) is 17.3. The molecular formula is C24H24N6S. The van der Waals surface area contributed by atoms with E-state index in [2.05, 4.69) is 43.0 Å². The van der Waals surface area contributed by atoms with Crippen LogP contribution in [0.3, 0.4) is 0 Å². The highest BCUT2D eigenvalue weighted by atomic mass is 32.2. The van der Waals surface area contributed by atoms with Gasteiger partial charge in [0.15, 0.2) is 0 Å². The van der Waals surface area contributed by atoms with Gasteiger partial charge in [-0.05, 0) is 54.4 Å². The monoisotopic (exact) mass is 428 g/mol. The molecule has 2 aliphatic rings. The maximum Gasteiger partial charge on any atom is 0.230 e. The van der Waals surface area contributed by atoms with E-state index in [9.17, 15) is 0 Å². The Morgan fingerprint density at radius 3 is 2.74 bits per heavy atom. The number of hydrogen-bond donors (Lipinski definition) is 1. The first-order chi connectivity index (χ1) is 15.4. The first-order valence-electron chi connectivity index (χ1n) is 11.0. The smallest absolute Gasteiger partial charge is 0.230 e. The second-order valence-corrected chi connectivity index (χ2v) is 9.39. The van der Waals surface area contributed by atoms with Gasteiger partial charge in [-0.2, -0.15) is 16.7 Å². The fourth-order valence-corrected chi connectivity index (χ4v) is 5.67. The quantitative estimate of drug-likeness (QED) is 0.446. The van der Waals surface area contributed by atoms with E-state index in [-0.39, 0.29) is 0 Å². The number of thioether (sulfide) groups is 1. The van der Waals surface area contributed by atoms with Crippen LogP contribution in [0.1, 0.15) is 43.7 Å². The van der Waals surface area contributed by atoms with Gasteiger partial charge in [0.25, 0.3) is 0 Å². The average molecular weight is 429 g/mol. The van der Waals surface area contributed by atoms with Gasteiger partial charge < -0.3 is 9.88 Å². The number of hydrogen-bond acceptors (Lipinski definition) is 6. The van der Waals surface area contributed by atoms with Crippen molar-refractivity contribution in [2.45, 2.75) is 38.1 Å². The van der Waals surface area contributed by atoms with Gasteiger partial charge >= 0.3 is 0 Å². The zero-order valence-corrected chi connectivity index (χ0v) is 18.1. The number of pyridine rings is 2. The summed E-state index contributed by atoms with van der Waals surface area (Å²) in [5.41, 5.74) is 4.73. The standard InChI is InChI=1S/C24H24N6S/c1-2-4-18(3-1)30-21-15-25-10-7-19(21)20-14-27-24(29-23(20)30)28-22-6-5-17(13-26-22)16-8-11-31-12-9-16/h5-8,10,13-15,18H,1-4,9,11-12H2,(H,26,27,28,29). The molecule has 1 fully saturated rings. The number of allylic oxidation sites excluding steroid dienone is 1. The number of nitrogens with zero attached hydrogens (tertiary/aromatic N) is 5. The number of fused-ring (bicyclic) bond motifs is 3. The lowest BCUT2D eigenvalue weighted by atomic mass is 10.1. The van der Waals surface area contributed by atoms with E-state index in [4.69, 9.17) is 4.98 Å². The molecular weight excluding hydrogens is 404 g/mol. The predicted molar refractivity (Wildman–Crippen MR) is 128 cm³/mol. The summed E-state index contributed by atoms with van der Waals surface area (Å²) in [6.07, 6.45) is 16.0. The van der Waals surface area contributed by atoms with Crippen molar-refractivity contribution in [3.8, 4) is 0 Å². The molecule has 4 aromatic rings. The fraction of sp³-hybridized carbons (Fsp3) is 0.333. The lowest BCUT2D eigenvalue weighted by Gasteiger charge is -2.15. The lowest BCUT2D eigenvalue weighted by Crippen LogP contribution is -2.07. The third kappa shape index (κ3) is 3.47. The van der Waals surface area contributed by atoms with Gasteiger partial charge in [0.1, 0.15) is 11.5 Å². The van der Waals surface area contributed by atoms with Crippen molar-refractivity contribution in [3.63, 3.8) is 0 Å². The largest absolute Gasteiger partial charge is 0.321 e. The van der Waals surface area contributed by atoms with E-state index in [1.807, 2.05) is 42.6 Å². The summed E-state index contributed by atoms with van der Waals surface area (Å²) >= 11 is 1.98. The maximum atomic E-state index is 4.92. The van der Waals surface area contributed by atoms with Gasteiger partial charge in [-0.3, -0.25) is 4.98 Å². The molecule has 31 heavy (non-hydrogen) atoms. The molecule has 0 aromatic carbocycles. The van der Waals surface area contributed by atoms with Gasteiger partial charge in [-0.15, -0.1) is 0 Å². The zero-order chi connectivity index (χ0) is 20.6. The van der Waals surface area contributed by atoms with Crippen molar-refractivity contribution < 1.29 is 0 Å². The van der Waals surface area contributed by atoms with E-state index in [1.165, 1.54) is 48.0 Å². The van der Waals surface area contributed by atoms with Crippen LogP contribution in [0.5, 0.6) is 0 Å². The molecule has 1 saturated carbocycles. The number of nitrogens with one attached hydrogen (secondary N) is 1. The van der Waals surface area contributed by atoms with Crippen molar-refractivity contribution in [1.29, 1.82) is 0 Å². The Morgan fingerprint density at radius 2 is 1.94 bits per heavy atom. The van der Waals surface area contributed by atoms with Gasteiger partial charge in [-0.25, -0.2) is 9.97 Å². The summed E-state index contributed by atoms with van der Waals surface area (Å²) in [6, 6.07) is 6.70. The summed E-state index contributed by atoms with van der Waals surface area (Å²) in [4.78, 5) is 18.5. The lowest BCUT2D eigenvalue weighted by molar-refractivity contribution is 0.546. The first-order valence-corrected chi connectivity index (χ1v) is 12.1. The molecule has 0 saturated heterocycles. The van der Waals surface area contributed by atoms with E-state index < -0.39 is 0 Å². The van der Waals surface area contributed by atoms with Crippen molar-refractivity contribution in [1.82, 2.24) is 24.5 Å². The maximum absolute atomic E-state index is 4.92. The first kappa shape index (κ1) is 18.8. The second kappa shape index (κ2) is 7.96. The molecule has 156 valence electrons. The Morgan fingerprint density at radius 1 is 1.00 bits per heavy atom. The van der Waals surface area contributed by atoms with Crippen molar-refractivity contribution in [2.75, 3.05) is 16.8 Å². The molecule has 1 N–H and O–H groups in total. The van der Waals surface area contributed by atoms with Gasteiger partial charge in [0.05, 0.1) is 11.7 Å². The predicted octanol–water partition coefficient (Wildman–Crippen LogP) is 5.75. The fourth-order valence-electron chi connectivity index (χ4n) is 4.82. The highest BCUT2D eigenvalue weighted by Crippen LogP contribution is 2.37. The SMILES string of the molecule is C1=C(c2ccc(Nc3ncc4c5ccncc5n(C5CCCC5)c4n3)nc2)CCSC1. The minimum atomic E-state index is 0.478. The van der Waals surface area contributed by atoms with Crippen LogP contribution in [0, 0.1) is 0 Å². The molecule has 1 aliphatic heterocycles. The third-order valence-electron chi connectivity index (χ3n) is 6.37. The van der Waals surface area contributed by atoms with Gasteiger partial charge in [-0.1, -0.05) is 18.9 Å². The van der Waals surface area contributed by atoms with Gasteiger partial charge in [0, 0.05) is 41.2 Å². The molecule has 0 amide bonds. The van der Waals surface area contributed by atoms with Crippen LogP contribution in [0.25, 0.3) is 27.5 Å². The van der Waals surface area contributed by atoms with Crippen LogP contribution in [0.4, 0.5) is 11.8 Å². The van der Waals surface area contributed by atoms with E-state index >= 15 is 0 Å². The molecule has 6 nitrogen and oxygen atoms in total. The summed E-state index contributed by atoms with van der Waals surface area (Å²) < 4.78 is 2.38. The number of anilines is 2. The molecule has 5 heterocycles. The minimum absolute atomic E-state index is 0.478. The van der Waals surface area contributed by atoms with Crippen LogP contribution in [-0.2, 0) is 0 Å². The number of rotatable bonds is 4. The molecule has 1 aliphatic carbocycles. The van der Waals surface area contributed by atoms with Crippen LogP contribution in [0.15, 0.2) is 49.1 Å². The highest BCUT2D eigenvalue weighted by Gasteiger charge is 2.23. The van der Waals surface area contributed by atoms with E-state index in [0.717, 1.165) is 34.5 Å². The Bertz CT molecular complexity index is 1270. The Labute approximate surface area is 185 Å². The summed E-state index contributed by atoms with van der Waals surface area (Å²) in [6.45, 7) is 0. The molecule has 0 radical (unpaired) electrons. The van der Waals surface area contributed by atoms with Crippen LogP contribution in [-0.4, -0.2) is 36.0 Å². The van der Waals surface area contributed by atoms with E-state index in [0.29, 0.717) is 12.0 Å². The summed E-state index contributed by atoms with van der Waals surface area (Å²) in [7, 11) is 0. The highest BCUT2D eigenvalue weighted by molar-refractivity contribution is 7.99. The molecule has 6 rings (SSSR count). The van der Waals surface area contributed by atoms with E-state index in [1.54, 1.807) is 0 Å². The average Bonchev–Trinajstić information content (AvgIpc) is 3.46. The molecule has 7 heteroatoms. The molecule has 0 spiro atoms. The Kier molecular flexibility index (Phi) is 4.83. The Balaban J connectivity index is 1.35. The second-order valence-electron chi connectivity index (χ2n) is 8.24. The Hall–Kier alpha value is -2.93. The molecule has 4 aromatic heterocycles. The molecule has 0 unspecified atom stereocenters. The minimum Gasteiger partial charge on any atom is -0.321 e.